The standard InChI is InChI=1S/C11H17N3O/c1-8-9(2)12-7-13-11(8)14-10-3-5-15-6-4-10/h7,10H,3-6H2,1-2H3,(H,12,13,14). The molecule has 0 unspecified atom stereocenters. The summed E-state index contributed by atoms with van der Waals surface area (Å²) in [6.45, 7) is 5.75. The summed E-state index contributed by atoms with van der Waals surface area (Å²) < 4.78 is 5.32. The van der Waals surface area contributed by atoms with Gasteiger partial charge in [0.05, 0.1) is 0 Å². The van der Waals surface area contributed by atoms with Gasteiger partial charge in [0.1, 0.15) is 12.1 Å². The predicted octanol–water partition coefficient (Wildman–Crippen LogP) is 1.68. The van der Waals surface area contributed by atoms with Crippen LogP contribution in [0.1, 0.15) is 24.1 Å². The van der Waals surface area contributed by atoms with Crippen molar-refractivity contribution in [1.29, 1.82) is 0 Å². The highest BCUT2D eigenvalue weighted by atomic mass is 16.5. The lowest BCUT2D eigenvalue weighted by Gasteiger charge is -2.24. The smallest absolute Gasteiger partial charge is 0.132 e. The van der Waals surface area contributed by atoms with E-state index in [1.807, 2.05) is 6.92 Å². The minimum Gasteiger partial charge on any atom is -0.381 e. The van der Waals surface area contributed by atoms with E-state index >= 15 is 0 Å². The zero-order valence-corrected chi connectivity index (χ0v) is 9.29. The summed E-state index contributed by atoms with van der Waals surface area (Å²) in [4.78, 5) is 8.43. The van der Waals surface area contributed by atoms with Gasteiger partial charge in [-0.05, 0) is 26.7 Å². The van der Waals surface area contributed by atoms with Crippen LogP contribution in [0.5, 0.6) is 0 Å². The molecule has 1 aromatic rings. The molecule has 1 fully saturated rings. The third-order valence-electron chi connectivity index (χ3n) is 2.90. The van der Waals surface area contributed by atoms with Crippen LogP contribution >= 0.6 is 0 Å². The summed E-state index contributed by atoms with van der Waals surface area (Å²) in [7, 11) is 0. The van der Waals surface area contributed by atoms with E-state index in [0.717, 1.165) is 43.1 Å². The lowest BCUT2D eigenvalue weighted by molar-refractivity contribution is 0.0903. The first-order chi connectivity index (χ1) is 7.27. The van der Waals surface area contributed by atoms with Crippen molar-refractivity contribution < 1.29 is 4.74 Å². The van der Waals surface area contributed by atoms with Crippen molar-refractivity contribution in [3.05, 3.63) is 17.6 Å². The first-order valence-electron chi connectivity index (χ1n) is 5.40. The molecular weight excluding hydrogens is 190 g/mol. The van der Waals surface area contributed by atoms with Gasteiger partial charge in [-0.25, -0.2) is 9.97 Å². The molecule has 2 rings (SSSR count). The number of rotatable bonds is 2. The van der Waals surface area contributed by atoms with E-state index < -0.39 is 0 Å². The highest BCUT2D eigenvalue weighted by molar-refractivity contribution is 5.45. The van der Waals surface area contributed by atoms with E-state index in [2.05, 4.69) is 22.2 Å². The number of ether oxygens (including phenoxy) is 1. The van der Waals surface area contributed by atoms with E-state index in [1.165, 1.54) is 0 Å². The number of nitrogens with zero attached hydrogens (tertiary/aromatic N) is 2. The molecule has 0 aliphatic carbocycles. The fraction of sp³-hybridized carbons (Fsp3) is 0.636. The Balaban J connectivity index is 2.06. The molecule has 1 aliphatic heterocycles. The second-order valence-electron chi connectivity index (χ2n) is 3.96. The third-order valence-corrected chi connectivity index (χ3v) is 2.90. The van der Waals surface area contributed by atoms with E-state index in [9.17, 15) is 0 Å². The number of nitrogens with one attached hydrogen (secondary N) is 1. The van der Waals surface area contributed by atoms with Gasteiger partial charge in [0.15, 0.2) is 0 Å². The van der Waals surface area contributed by atoms with Crippen molar-refractivity contribution in [2.75, 3.05) is 18.5 Å². The maximum atomic E-state index is 5.32. The van der Waals surface area contributed by atoms with Crippen molar-refractivity contribution in [3.8, 4) is 0 Å². The molecule has 0 spiro atoms. The van der Waals surface area contributed by atoms with Gasteiger partial charge < -0.3 is 10.1 Å². The third kappa shape index (κ3) is 2.45. The van der Waals surface area contributed by atoms with Gasteiger partial charge in [0.25, 0.3) is 0 Å². The number of aryl methyl sites for hydroxylation is 1. The van der Waals surface area contributed by atoms with Crippen molar-refractivity contribution in [1.82, 2.24) is 9.97 Å². The molecule has 4 heteroatoms. The zero-order valence-electron chi connectivity index (χ0n) is 9.29. The second-order valence-corrected chi connectivity index (χ2v) is 3.96. The van der Waals surface area contributed by atoms with Gasteiger partial charge in [-0.3, -0.25) is 0 Å². The van der Waals surface area contributed by atoms with E-state index in [4.69, 9.17) is 4.74 Å². The number of aromatic nitrogens is 2. The lowest BCUT2D eigenvalue weighted by Crippen LogP contribution is -2.28. The largest absolute Gasteiger partial charge is 0.381 e. The van der Waals surface area contributed by atoms with Gasteiger partial charge in [-0.1, -0.05) is 0 Å². The summed E-state index contributed by atoms with van der Waals surface area (Å²) in [5.74, 6) is 0.967. The average Bonchev–Trinajstić information content (AvgIpc) is 2.26. The van der Waals surface area contributed by atoms with E-state index in [1.54, 1.807) is 6.33 Å². The van der Waals surface area contributed by atoms with Gasteiger partial charge in [-0.15, -0.1) is 0 Å². The monoisotopic (exact) mass is 207 g/mol. The van der Waals surface area contributed by atoms with E-state index in [0.29, 0.717) is 6.04 Å². The first kappa shape index (κ1) is 10.4. The highest BCUT2D eigenvalue weighted by Gasteiger charge is 2.15. The Morgan fingerprint density at radius 3 is 2.73 bits per heavy atom. The maximum absolute atomic E-state index is 5.32. The molecule has 0 amide bonds. The minimum atomic E-state index is 0.492. The topological polar surface area (TPSA) is 47.0 Å². The molecule has 1 aliphatic rings. The van der Waals surface area contributed by atoms with Crippen LogP contribution in [0.3, 0.4) is 0 Å². The Morgan fingerprint density at radius 1 is 1.27 bits per heavy atom. The van der Waals surface area contributed by atoms with Crippen LogP contribution in [0, 0.1) is 13.8 Å². The van der Waals surface area contributed by atoms with Crippen LogP contribution in [0.25, 0.3) is 0 Å². The molecule has 2 heterocycles. The summed E-state index contributed by atoms with van der Waals surface area (Å²) >= 11 is 0. The molecule has 82 valence electrons. The summed E-state index contributed by atoms with van der Waals surface area (Å²) in [6, 6.07) is 0.492. The first-order valence-corrected chi connectivity index (χ1v) is 5.40. The summed E-state index contributed by atoms with van der Waals surface area (Å²) in [6.07, 6.45) is 3.73. The van der Waals surface area contributed by atoms with Gasteiger partial charge >= 0.3 is 0 Å². The molecule has 1 N–H and O–H groups in total. The average molecular weight is 207 g/mol. The predicted molar refractivity (Wildman–Crippen MR) is 59.0 cm³/mol. The molecule has 0 bridgehead atoms. The van der Waals surface area contributed by atoms with Crippen molar-refractivity contribution in [2.24, 2.45) is 0 Å². The van der Waals surface area contributed by atoms with Crippen LogP contribution in [0.15, 0.2) is 6.33 Å². The van der Waals surface area contributed by atoms with Crippen LogP contribution in [0.4, 0.5) is 5.82 Å². The quantitative estimate of drug-likeness (QED) is 0.801. The van der Waals surface area contributed by atoms with Crippen LogP contribution in [-0.4, -0.2) is 29.2 Å². The molecule has 0 aromatic carbocycles. The Kier molecular flexibility index (Phi) is 3.16. The minimum absolute atomic E-state index is 0.492. The zero-order chi connectivity index (χ0) is 10.7. The second kappa shape index (κ2) is 4.57. The molecule has 1 saturated heterocycles. The van der Waals surface area contributed by atoms with Gasteiger partial charge in [0, 0.05) is 30.5 Å². The molecule has 0 radical (unpaired) electrons. The van der Waals surface area contributed by atoms with Crippen molar-refractivity contribution in [2.45, 2.75) is 32.7 Å². The van der Waals surface area contributed by atoms with Crippen LogP contribution in [-0.2, 0) is 4.74 Å². The molecular formula is C11H17N3O. The molecule has 15 heavy (non-hydrogen) atoms. The number of anilines is 1. The van der Waals surface area contributed by atoms with Crippen LogP contribution < -0.4 is 5.32 Å². The van der Waals surface area contributed by atoms with Gasteiger partial charge in [-0.2, -0.15) is 0 Å². The fourth-order valence-corrected chi connectivity index (χ4v) is 1.72. The number of hydrogen-bond donors (Lipinski definition) is 1. The highest BCUT2D eigenvalue weighted by Crippen LogP contribution is 2.17. The Hall–Kier alpha value is -1.16. The summed E-state index contributed by atoms with van der Waals surface area (Å²) in [5.41, 5.74) is 2.18. The molecule has 0 saturated carbocycles. The molecule has 0 atom stereocenters. The lowest BCUT2D eigenvalue weighted by atomic mass is 10.1. The number of hydrogen-bond acceptors (Lipinski definition) is 4. The normalized spacial score (nSPS) is 17.7. The fourth-order valence-electron chi connectivity index (χ4n) is 1.72. The Labute approximate surface area is 90.1 Å². The summed E-state index contributed by atoms with van der Waals surface area (Å²) in [5, 5.41) is 3.46. The Bertz CT molecular complexity index is 335. The SMILES string of the molecule is Cc1ncnc(NC2CCOCC2)c1C. The van der Waals surface area contributed by atoms with Crippen LogP contribution in [0.2, 0.25) is 0 Å². The van der Waals surface area contributed by atoms with Crippen molar-refractivity contribution in [3.63, 3.8) is 0 Å². The maximum Gasteiger partial charge on any atom is 0.132 e. The Morgan fingerprint density at radius 2 is 2.00 bits per heavy atom. The van der Waals surface area contributed by atoms with Crippen molar-refractivity contribution >= 4 is 5.82 Å². The molecule has 4 nitrogen and oxygen atoms in total. The van der Waals surface area contributed by atoms with Gasteiger partial charge in [0.2, 0.25) is 0 Å². The van der Waals surface area contributed by atoms with E-state index in [-0.39, 0.29) is 0 Å². The molecule has 1 aromatic heterocycles.